The van der Waals surface area contributed by atoms with E-state index in [4.69, 9.17) is 4.98 Å². The number of pyridine rings is 1. The molecule has 180 valence electrons. The number of rotatable bonds is 3. The Labute approximate surface area is 208 Å². The van der Waals surface area contributed by atoms with E-state index >= 15 is 0 Å². The third kappa shape index (κ3) is 3.14. The molecule has 1 amide bonds. The van der Waals surface area contributed by atoms with Crippen LogP contribution in [0, 0.1) is 0 Å². The summed E-state index contributed by atoms with van der Waals surface area (Å²) >= 11 is 0. The Balaban J connectivity index is 1.35. The molecule has 0 bridgehead atoms. The molecular formula is C28H27N7O. The minimum Gasteiger partial charge on any atom is -0.369 e. The minimum atomic E-state index is -0.0523. The van der Waals surface area contributed by atoms with Crippen molar-refractivity contribution >= 4 is 28.1 Å². The number of imidazole rings is 1. The summed E-state index contributed by atoms with van der Waals surface area (Å²) in [6.07, 6.45) is 3.81. The largest absolute Gasteiger partial charge is 0.369 e. The Kier molecular flexibility index (Phi) is 4.65. The second-order valence-corrected chi connectivity index (χ2v) is 9.74. The van der Waals surface area contributed by atoms with Crippen molar-refractivity contribution in [2.45, 2.75) is 6.54 Å². The summed E-state index contributed by atoms with van der Waals surface area (Å²) in [6.45, 7) is 4.67. The lowest BCUT2D eigenvalue weighted by Gasteiger charge is -2.34. The van der Waals surface area contributed by atoms with Crippen molar-refractivity contribution in [2.75, 3.05) is 38.1 Å². The summed E-state index contributed by atoms with van der Waals surface area (Å²) < 4.78 is 3.98. The van der Waals surface area contributed by atoms with Crippen molar-refractivity contribution in [3.8, 4) is 22.5 Å². The van der Waals surface area contributed by atoms with Crippen LogP contribution in [0.4, 0.5) is 5.69 Å². The molecule has 1 fully saturated rings. The van der Waals surface area contributed by atoms with Gasteiger partial charge in [0.1, 0.15) is 5.82 Å². The van der Waals surface area contributed by atoms with Gasteiger partial charge in [-0.05, 0) is 54.6 Å². The number of fused-ring (bicyclic) bond motifs is 3. The predicted octanol–water partition coefficient (Wildman–Crippen LogP) is 3.55. The second-order valence-electron chi connectivity index (χ2n) is 9.74. The van der Waals surface area contributed by atoms with E-state index in [9.17, 15) is 4.79 Å². The van der Waals surface area contributed by atoms with Crippen LogP contribution in [0.1, 0.15) is 15.9 Å². The number of anilines is 1. The quantitative estimate of drug-likeness (QED) is 0.430. The molecule has 2 aliphatic heterocycles. The van der Waals surface area contributed by atoms with Crippen LogP contribution in [0.5, 0.6) is 0 Å². The van der Waals surface area contributed by atoms with E-state index < -0.39 is 0 Å². The zero-order chi connectivity index (χ0) is 24.4. The third-order valence-corrected chi connectivity index (χ3v) is 7.66. The lowest BCUT2D eigenvalue weighted by Crippen LogP contribution is -2.44. The van der Waals surface area contributed by atoms with Gasteiger partial charge in [-0.15, -0.1) is 0 Å². The van der Waals surface area contributed by atoms with E-state index in [1.54, 1.807) is 0 Å². The average molecular weight is 478 g/mol. The highest BCUT2D eigenvalue weighted by molar-refractivity contribution is 6.07. The first-order valence-electron chi connectivity index (χ1n) is 12.4. The number of carbonyl (C=O) groups excluding carboxylic acids is 1. The normalized spacial score (nSPS) is 16.2. The number of carbonyl (C=O) groups is 1. The zero-order valence-corrected chi connectivity index (χ0v) is 20.4. The van der Waals surface area contributed by atoms with Crippen LogP contribution in [-0.2, 0) is 13.6 Å². The molecule has 1 N–H and O–H groups in total. The highest BCUT2D eigenvalue weighted by Crippen LogP contribution is 2.38. The van der Waals surface area contributed by atoms with E-state index in [1.165, 1.54) is 5.69 Å². The van der Waals surface area contributed by atoms with Gasteiger partial charge in [0.2, 0.25) is 0 Å². The van der Waals surface area contributed by atoms with Gasteiger partial charge in [0.25, 0.3) is 5.91 Å². The van der Waals surface area contributed by atoms with Crippen molar-refractivity contribution in [1.82, 2.24) is 29.4 Å². The SMILES string of the molecule is CN1CCN(c2ccc3nc(-c4ccc(-c5cnn6ccccc56)c5c4C(=O)NC5)n(C)c3c2)CC1. The smallest absolute Gasteiger partial charge is 0.252 e. The van der Waals surface area contributed by atoms with Gasteiger partial charge in [0.05, 0.1) is 28.3 Å². The Bertz CT molecular complexity index is 1660. The number of nitrogens with one attached hydrogen (secondary N) is 1. The summed E-state index contributed by atoms with van der Waals surface area (Å²) in [5.41, 5.74) is 8.87. The maximum Gasteiger partial charge on any atom is 0.252 e. The molecule has 0 radical (unpaired) electrons. The molecule has 0 saturated carbocycles. The number of hydrogen-bond acceptors (Lipinski definition) is 5. The van der Waals surface area contributed by atoms with E-state index in [0.29, 0.717) is 12.1 Å². The summed E-state index contributed by atoms with van der Waals surface area (Å²) in [4.78, 5) is 22.8. The molecule has 2 aliphatic rings. The fourth-order valence-electron chi connectivity index (χ4n) is 5.61. The van der Waals surface area contributed by atoms with Gasteiger partial charge in [-0.25, -0.2) is 9.50 Å². The Morgan fingerprint density at radius 1 is 0.889 bits per heavy atom. The number of amides is 1. The van der Waals surface area contributed by atoms with Crippen molar-refractivity contribution in [1.29, 1.82) is 0 Å². The molecule has 3 aromatic heterocycles. The van der Waals surface area contributed by atoms with Crippen molar-refractivity contribution in [3.63, 3.8) is 0 Å². The fraction of sp³-hybridized carbons (Fsp3) is 0.250. The van der Waals surface area contributed by atoms with E-state index in [1.807, 2.05) is 42.2 Å². The van der Waals surface area contributed by atoms with Crippen LogP contribution in [0.2, 0.25) is 0 Å². The number of aromatic nitrogens is 4. The summed E-state index contributed by atoms with van der Waals surface area (Å²) in [5.74, 6) is 0.753. The molecule has 7 rings (SSSR count). The van der Waals surface area contributed by atoms with Gasteiger partial charge in [-0.3, -0.25) is 4.79 Å². The molecule has 0 atom stereocenters. The van der Waals surface area contributed by atoms with Gasteiger partial charge in [-0.2, -0.15) is 5.10 Å². The molecule has 2 aromatic carbocycles. The molecule has 0 unspecified atom stereocenters. The maximum atomic E-state index is 13.1. The topological polar surface area (TPSA) is 70.7 Å². The maximum absolute atomic E-state index is 13.1. The van der Waals surface area contributed by atoms with E-state index in [-0.39, 0.29) is 5.91 Å². The number of hydrogen-bond donors (Lipinski definition) is 1. The average Bonchev–Trinajstić information content (AvgIpc) is 3.60. The molecule has 5 heterocycles. The summed E-state index contributed by atoms with van der Waals surface area (Å²) in [6, 6.07) is 16.6. The van der Waals surface area contributed by atoms with E-state index in [2.05, 4.69) is 62.2 Å². The van der Waals surface area contributed by atoms with Gasteiger partial charge < -0.3 is 19.7 Å². The Morgan fingerprint density at radius 2 is 1.72 bits per heavy atom. The van der Waals surface area contributed by atoms with Crippen molar-refractivity contribution in [3.05, 3.63) is 72.1 Å². The van der Waals surface area contributed by atoms with Crippen LogP contribution in [0.15, 0.2) is 60.9 Å². The Hall–Kier alpha value is -4.17. The summed E-state index contributed by atoms with van der Waals surface area (Å²) in [5, 5.41) is 7.54. The van der Waals surface area contributed by atoms with Gasteiger partial charge in [-0.1, -0.05) is 12.1 Å². The van der Waals surface area contributed by atoms with Crippen molar-refractivity contribution in [2.24, 2.45) is 7.05 Å². The van der Waals surface area contributed by atoms with Gasteiger partial charge in [0.15, 0.2) is 0 Å². The second kappa shape index (κ2) is 7.93. The van der Waals surface area contributed by atoms with Crippen molar-refractivity contribution < 1.29 is 4.79 Å². The number of piperazine rings is 1. The van der Waals surface area contributed by atoms with Crippen LogP contribution >= 0.6 is 0 Å². The number of nitrogens with zero attached hydrogens (tertiary/aromatic N) is 6. The monoisotopic (exact) mass is 477 g/mol. The predicted molar refractivity (Wildman–Crippen MR) is 141 cm³/mol. The molecule has 8 heteroatoms. The van der Waals surface area contributed by atoms with Crippen LogP contribution in [0.25, 0.3) is 39.1 Å². The number of aryl methyl sites for hydroxylation is 1. The van der Waals surface area contributed by atoms with Crippen LogP contribution in [-0.4, -0.2) is 63.2 Å². The Morgan fingerprint density at radius 3 is 2.58 bits per heavy atom. The molecule has 5 aromatic rings. The van der Waals surface area contributed by atoms with Crippen LogP contribution < -0.4 is 10.2 Å². The lowest BCUT2D eigenvalue weighted by atomic mass is 9.93. The third-order valence-electron chi connectivity index (χ3n) is 7.66. The molecule has 1 saturated heterocycles. The lowest BCUT2D eigenvalue weighted by molar-refractivity contribution is 0.0966. The van der Waals surface area contributed by atoms with Gasteiger partial charge >= 0.3 is 0 Å². The molecule has 36 heavy (non-hydrogen) atoms. The molecule has 8 nitrogen and oxygen atoms in total. The first kappa shape index (κ1) is 21.1. The summed E-state index contributed by atoms with van der Waals surface area (Å²) in [7, 11) is 4.21. The standard InChI is InChI=1S/C28H27N7O/c1-32-11-13-34(14-12-32)18-6-9-23-25(15-18)33(2)27(31-23)20-8-7-19(22-16-29-28(36)26(20)22)21-17-30-35-10-4-3-5-24(21)35/h3-10,15,17H,11-14,16H2,1-2H3,(H,29,36). The molecule has 0 aliphatic carbocycles. The van der Waals surface area contributed by atoms with Gasteiger partial charge in [0, 0.05) is 62.8 Å². The van der Waals surface area contributed by atoms with Crippen LogP contribution in [0.3, 0.4) is 0 Å². The molecule has 0 spiro atoms. The first-order valence-corrected chi connectivity index (χ1v) is 12.4. The highest BCUT2D eigenvalue weighted by Gasteiger charge is 2.29. The highest BCUT2D eigenvalue weighted by atomic mass is 16.1. The van der Waals surface area contributed by atoms with E-state index in [0.717, 1.165) is 70.8 Å². The zero-order valence-electron chi connectivity index (χ0n) is 20.4. The molecular weight excluding hydrogens is 450 g/mol. The first-order chi connectivity index (χ1) is 17.6. The fourth-order valence-corrected chi connectivity index (χ4v) is 5.61. The number of benzene rings is 2. The minimum absolute atomic E-state index is 0.0523. The number of likely N-dealkylation sites (N-methyl/N-ethyl adjacent to an activating group) is 1.